The lowest BCUT2D eigenvalue weighted by Crippen LogP contribution is -2.49. The van der Waals surface area contributed by atoms with Gasteiger partial charge in [-0.15, -0.1) is 11.3 Å². The van der Waals surface area contributed by atoms with Crippen LogP contribution in [0.4, 0.5) is 0 Å². The van der Waals surface area contributed by atoms with E-state index < -0.39 is 6.10 Å². The Kier molecular flexibility index (Phi) is 8.00. The maximum Gasteiger partial charge on any atom is 0.237 e. The third kappa shape index (κ3) is 6.02. The summed E-state index contributed by atoms with van der Waals surface area (Å²) in [7, 11) is 1.79. The molecular weight excluding hydrogens is 298 g/mol. The van der Waals surface area contributed by atoms with Gasteiger partial charge in [0, 0.05) is 11.6 Å². The molecule has 1 heterocycles. The van der Waals surface area contributed by atoms with Crippen molar-refractivity contribution in [1.29, 1.82) is 0 Å². The summed E-state index contributed by atoms with van der Waals surface area (Å²) >= 11 is 1.41. The van der Waals surface area contributed by atoms with Crippen LogP contribution in [0.2, 0.25) is 0 Å². The van der Waals surface area contributed by atoms with Crippen LogP contribution in [0.5, 0.6) is 0 Å². The Bertz CT molecular complexity index is 435. The molecule has 0 bridgehead atoms. The molecule has 3 atom stereocenters. The van der Waals surface area contributed by atoms with Crippen molar-refractivity contribution in [3.05, 3.63) is 16.6 Å². The molecule has 6 heteroatoms. The lowest BCUT2D eigenvalue weighted by atomic mass is 9.97. The zero-order valence-corrected chi connectivity index (χ0v) is 15.0. The number of likely N-dealkylation sites (N-methyl/N-ethyl adjacent to an activating group) is 1. The first-order valence-electron chi connectivity index (χ1n) is 7.90. The van der Waals surface area contributed by atoms with E-state index in [4.69, 9.17) is 0 Å². The van der Waals surface area contributed by atoms with Gasteiger partial charge in [-0.25, -0.2) is 4.98 Å². The van der Waals surface area contributed by atoms with Crippen molar-refractivity contribution in [3.63, 3.8) is 0 Å². The highest BCUT2D eigenvalue weighted by Crippen LogP contribution is 2.23. The van der Waals surface area contributed by atoms with E-state index in [2.05, 4.69) is 43.3 Å². The normalized spacial score (nSPS) is 15.8. The molecule has 5 nitrogen and oxygen atoms in total. The summed E-state index contributed by atoms with van der Waals surface area (Å²) < 4.78 is 0. The van der Waals surface area contributed by atoms with E-state index in [-0.39, 0.29) is 18.0 Å². The highest BCUT2D eigenvalue weighted by molar-refractivity contribution is 7.09. The van der Waals surface area contributed by atoms with Crippen molar-refractivity contribution in [2.45, 2.75) is 58.7 Å². The van der Waals surface area contributed by atoms with Gasteiger partial charge in [0.2, 0.25) is 5.91 Å². The largest absolute Gasteiger partial charge is 0.384 e. The number of rotatable bonds is 9. The molecule has 0 unspecified atom stereocenters. The Morgan fingerprint density at radius 2 is 1.91 bits per heavy atom. The summed E-state index contributed by atoms with van der Waals surface area (Å²) in [6, 6.07) is -0.556. The predicted octanol–water partition coefficient (Wildman–Crippen LogP) is 2.34. The molecular formula is C16H29N3O2S. The van der Waals surface area contributed by atoms with Crippen LogP contribution >= 0.6 is 11.3 Å². The van der Waals surface area contributed by atoms with Gasteiger partial charge in [0.05, 0.1) is 12.1 Å². The summed E-state index contributed by atoms with van der Waals surface area (Å²) in [6.07, 6.45) is 2.39. The second kappa shape index (κ2) is 9.22. The zero-order valence-electron chi connectivity index (χ0n) is 14.2. The van der Waals surface area contributed by atoms with Crippen molar-refractivity contribution >= 4 is 17.2 Å². The SMILES string of the molecule is CN[C@@H](CC(C)C)C(=O)N[C@H](CC(C)C)[C@H](O)c1nccs1. The molecule has 3 N–H and O–H groups in total. The number of carbonyl (C=O) groups excluding carboxylic acids is 1. The van der Waals surface area contributed by atoms with Crippen molar-refractivity contribution in [2.75, 3.05) is 7.05 Å². The van der Waals surface area contributed by atoms with Crippen LogP contribution in [0.1, 0.15) is 51.6 Å². The minimum atomic E-state index is -0.761. The van der Waals surface area contributed by atoms with E-state index in [0.29, 0.717) is 23.3 Å². The monoisotopic (exact) mass is 327 g/mol. The number of carbonyl (C=O) groups is 1. The van der Waals surface area contributed by atoms with Crippen LogP contribution < -0.4 is 10.6 Å². The maximum absolute atomic E-state index is 12.5. The third-order valence-electron chi connectivity index (χ3n) is 3.51. The number of nitrogens with one attached hydrogen (secondary N) is 2. The molecule has 0 radical (unpaired) electrons. The predicted molar refractivity (Wildman–Crippen MR) is 90.8 cm³/mol. The molecule has 1 rings (SSSR count). The van der Waals surface area contributed by atoms with Crippen LogP contribution in [0.15, 0.2) is 11.6 Å². The van der Waals surface area contributed by atoms with Crippen LogP contribution in [0.25, 0.3) is 0 Å². The van der Waals surface area contributed by atoms with E-state index in [0.717, 1.165) is 6.42 Å². The van der Waals surface area contributed by atoms with E-state index in [1.165, 1.54) is 11.3 Å². The smallest absolute Gasteiger partial charge is 0.237 e. The number of aromatic nitrogens is 1. The first-order valence-corrected chi connectivity index (χ1v) is 8.78. The second-order valence-electron chi connectivity index (χ2n) is 6.53. The average Bonchev–Trinajstić information content (AvgIpc) is 2.96. The summed E-state index contributed by atoms with van der Waals surface area (Å²) in [5, 5.41) is 19.1. The minimum absolute atomic E-state index is 0.0579. The van der Waals surface area contributed by atoms with E-state index >= 15 is 0 Å². The fraction of sp³-hybridized carbons (Fsp3) is 0.750. The van der Waals surface area contributed by atoms with E-state index in [9.17, 15) is 9.90 Å². The molecule has 0 aliphatic carbocycles. The van der Waals surface area contributed by atoms with Gasteiger partial charge in [0.15, 0.2) is 0 Å². The molecule has 0 aliphatic rings. The van der Waals surface area contributed by atoms with Crippen LogP contribution in [0.3, 0.4) is 0 Å². The number of amides is 1. The van der Waals surface area contributed by atoms with Crippen LogP contribution in [-0.2, 0) is 4.79 Å². The molecule has 0 aliphatic heterocycles. The van der Waals surface area contributed by atoms with Gasteiger partial charge in [-0.1, -0.05) is 27.7 Å². The fourth-order valence-corrected chi connectivity index (χ4v) is 3.12. The highest BCUT2D eigenvalue weighted by atomic mass is 32.1. The fourth-order valence-electron chi connectivity index (χ4n) is 2.44. The van der Waals surface area contributed by atoms with E-state index in [1.54, 1.807) is 13.2 Å². The molecule has 22 heavy (non-hydrogen) atoms. The summed E-state index contributed by atoms with van der Waals surface area (Å²) in [5.41, 5.74) is 0. The Hall–Kier alpha value is -0.980. The molecule has 0 fully saturated rings. The maximum atomic E-state index is 12.5. The molecule has 126 valence electrons. The molecule has 0 aromatic carbocycles. The summed E-state index contributed by atoms with van der Waals surface area (Å²) in [6.45, 7) is 8.34. The van der Waals surface area contributed by atoms with Gasteiger partial charge in [-0.3, -0.25) is 4.79 Å². The van der Waals surface area contributed by atoms with Crippen molar-refractivity contribution in [1.82, 2.24) is 15.6 Å². The number of aliphatic hydroxyl groups excluding tert-OH is 1. The van der Waals surface area contributed by atoms with Gasteiger partial charge in [0.25, 0.3) is 0 Å². The number of nitrogens with zero attached hydrogens (tertiary/aromatic N) is 1. The lowest BCUT2D eigenvalue weighted by Gasteiger charge is -2.27. The third-order valence-corrected chi connectivity index (χ3v) is 4.36. The standard InChI is InChI=1S/C16H29N3O2S/c1-10(2)8-12(14(20)16-18-6-7-22-16)19-15(21)13(17-5)9-11(3)4/h6-7,10-14,17,20H,8-9H2,1-5H3,(H,19,21)/t12-,13+,14+/m1/s1. The van der Waals surface area contributed by atoms with Gasteiger partial charge < -0.3 is 15.7 Å². The van der Waals surface area contributed by atoms with E-state index in [1.807, 2.05) is 5.38 Å². The zero-order chi connectivity index (χ0) is 16.7. The second-order valence-corrected chi connectivity index (χ2v) is 7.46. The quantitative estimate of drug-likeness (QED) is 0.651. The number of aliphatic hydroxyl groups is 1. The summed E-state index contributed by atoms with van der Waals surface area (Å²) in [5.74, 6) is 0.742. The molecule has 1 aromatic heterocycles. The first-order chi connectivity index (χ1) is 10.3. The average molecular weight is 327 g/mol. The van der Waals surface area contributed by atoms with Gasteiger partial charge >= 0.3 is 0 Å². The first kappa shape index (κ1) is 19.1. The van der Waals surface area contributed by atoms with Crippen LogP contribution in [-0.4, -0.2) is 35.1 Å². The Morgan fingerprint density at radius 3 is 2.36 bits per heavy atom. The molecule has 0 spiro atoms. The van der Waals surface area contributed by atoms with Crippen molar-refractivity contribution < 1.29 is 9.90 Å². The number of thiazole rings is 1. The molecule has 1 aromatic rings. The Balaban J connectivity index is 2.77. The van der Waals surface area contributed by atoms with Crippen molar-refractivity contribution in [2.24, 2.45) is 11.8 Å². The summed E-state index contributed by atoms with van der Waals surface area (Å²) in [4.78, 5) is 16.6. The number of hydrogen-bond donors (Lipinski definition) is 3. The highest BCUT2D eigenvalue weighted by Gasteiger charge is 2.28. The molecule has 0 saturated carbocycles. The van der Waals surface area contributed by atoms with Gasteiger partial charge in [-0.2, -0.15) is 0 Å². The topological polar surface area (TPSA) is 74.2 Å². The van der Waals surface area contributed by atoms with Gasteiger partial charge in [-0.05, 0) is 31.7 Å². The molecule has 1 amide bonds. The number of hydrogen-bond acceptors (Lipinski definition) is 5. The Labute approximate surface area is 137 Å². The Morgan fingerprint density at radius 1 is 1.27 bits per heavy atom. The minimum Gasteiger partial charge on any atom is -0.384 e. The van der Waals surface area contributed by atoms with Gasteiger partial charge in [0.1, 0.15) is 11.1 Å². The van der Waals surface area contributed by atoms with Crippen LogP contribution in [0, 0.1) is 11.8 Å². The molecule has 0 saturated heterocycles. The van der Waals surface area contributed by atoms with Crippen molar-refractivity contribution in [3.8, 4) is 0 Å². The lowest BCUT2D eigenvalue weighted by molar-refractivity contribution is -0.125.